The number of methoxy groups -OCH3 is 2. The van der Waals surface area contributed by atoms with Crippen LogP contribution in [0.25, 0.3) is 6.08 Å². The Hall–Kier alpha value is -2.27. The lowest BCUT2D eigenvalue weighted by molar-refractivity contribution is 0.0955. The number of thiophene rings is 1. The average Bonchev–Trinajstić information content (AvgIpc) is 3.01. The van der Waals surface area contributed by atoms with E-state index in [1.54, 1.807) is 20.3 Å². The average molecular weight is 317 g/mol. The van der Waals surface area contributed by atoms with Gasteiger partial charge in [-0.3, -0.25) is 4.79 Å². The summed E-state index contributed by atoms with van der Waals surface area (Å²) in [5, 5.41) is 2.91. The van der Waals surface area contributed by atoms with Gasteiger partial charge in [0.1, 0.15) is 11.5 Å². The number of nitrogens with one attached hydrogen (secondary N) is 1. The molecule has 1 N–H and O–H groups in total. The zero-order chi connectivity index (χ0) is 15.9. The number of amides is 1. The summed E-state index contributed by atoms with van der Waals surface area (Å²) in [7, 11) is 3.21. The van der Waals surface area contributed by atoms with Gasteiger partial charge in [0, 0.05) is 23.1 Å². The predicted octanol–water partition coefficient (Wildman–Crippen LogP) is 3.73. The molecule has 22 heavy (non-hydrogen) atoms. The normalized spacial score (nSPS) is 10.7. The summed E-state index contributed by atoms with van der Waals surface area (Å²) in [6.07, 6.45) is 3.93. The van der Waals surface area contributed by atoms with Crippen molar-refractivity contribution in [2.45, 2.75) is 13.5 Å². The van der Waals surface area contributed by atoms with E-state index in [9.17, 15) is 4.79 Å². The maximum Gasteiger partial charge on any atom is 0.261 e. The number of benzene rings is 1. The highest BCUT2D eigenvalue weighted by molar-refractivity contribution is 7.14. The summed E-state index contributed by atoms with van der Waals surface area (Å²) in [6, 6.07) is 9.31. The van der Waals surface area contributed by atoms with Gasteiger partial charge >= 0.3 is 0 Å². The van der Waals surface area contributed by atoms with E-state index in [4.69, 9.17) is 9.47 Å². The third-order valence-corrected chi connectivity index (χ3v) is 4.16. The van der Waals surface area contributed by atoms with Crippen LogP contribution in [0.15, 0.2) is 36.4 Å². The number of hydrogen-bond donors (Lipinski definition) is 1. The van der Waals surface area contributed by atoms with Gasteiger partial charge in [-0.2, -0.15) is 0 Å². The van der Waals surface area contributed by atoms with Crippen molar-refractivity contribution in [2.24, 2.45) is 0 Å². The maximum absolute atomic E-state index is 12.2. The SMILES string of the molecule is C/C=C/c1ccc(C(=O)NCc2ccc(OC)cc2OC)s1. The van der Waals surface area contributed by atoms with Crippen molar-refractivity contribution >= 4 is 23.3 Å². The number of allylic oxidation sites excluding steroid dienone is 1. The van der Waals surface area contributed by atoms with Gasteiger partial charge in [-0.05, 0) is 37.3 Å². The lowest BCUT2D eigenvalue weighted by atomic mass is 10.2. The fourth-order valence-electron chi connectivity index (χ4n) is 1.99. The van der Waals surface area contributed by atoms with E-state index in [2.05, 4.69) is 5.32 Å². The van der Waals surface area contributed by atoms with Crippen molar-refractivity contribution in [3.8, 4) is 11.5 Å². The minimum atomic E-state index is -0.0846. The highest BCUT2D eigenvalue weighted by atomic mass is 32.1. The first kappa shape index (κ1) is 16.1. The van der Waals surface area contributed by atoms with Crippen LogP contribution in [0.1, 0.15) is 27.0 Å². The first-order valence-corrected chi connectivity index (χ1v) is 7.71. The molecule has 0 aliphatic rings. The molecule has 1 amide bonds. The third-order valence-electron chi connectivity index (χ3n) is 3.12. The number of rotatable bonds is 6. The van der Waals surface area contributed by atoms with Crippen LogP contribution < -0.4 is 14.8 Å². The molecule has 0 spiro atoms. The van der Waals surface area contributed by atoms with Gasteiger partial charge in [0.25, 0.3) is 5.91 Å². The molecule has 1 aromatic carbocycles. The topological polar surface area (TPSA) is 47.6 Å². The largest absolute Gasteiger partial charge is 0.497 e. The molecule has 5 heteroatoms. The minimum absolute atomic E-state index is 0.0846. The van der Waals surface area contributed by atoms with Gasteiger partial charge in [-0.1, -0.05) is 6.08 Å². The molecular weight excluding hydrogens is 298 g/mol. The van der Waals surface area contributed by atoms with E-state index in [-0.39, 0.29) is 5.91 Å². The number of carbonyl (C=O) groups excluding carboxylic acids is 1. The summed E-state index contributed by atoms with van der Waals surface area (Å²) < 4.78 is 10.5. The molecule has 2 rings (SSSR count). The highest BCUT2D eigenvalue weighted by Gasteiger charge is 2.10. The Morgan fingerprint density at radius 3 is 2.73 bits per heavy atom. The second kappa shape index (κ2) is 7.66. The zero-order valence-corrected chi connectivity index (χ0v) is 13.7. The molecule has 0 unspecified atom stereocenters. The number of hydrogen-bond acceptors (Lipinski definition) is 4. The van der Waals surface area contributed by atoms with Gasteiger partial charge < -0.3 is 14.8 Å². The molecule has 1 heterocycles. The van der Waals surface area contributed by atoms with Crippen LogP contribution in [-0.2, 0) is 6.54 Å². The summed E-state index contributed by atoms with van der Waals surface area (Å²) in [5.74, 6) is 1.33. The second-order valence-electron chi connectivity index (χ2n) is 4.56. The first-order valence-electron chi connectivity index (χ1n) is 6.89. The van der Waals surface area contributed by atoms with E-state index in [1.165, 1.54) is 11.3 Å². The molecule has 0 aliphatic heterocycles. The Kier molecular flexibility index (Phi) is 5.61. The minimum Gasteiger partial charge on any atom is -0.497 e. The highest BCUT2D eigenvalue weighted by Crippen LogP contribution is 2.24. The standard InChI is InChI=1S/C17H19NO3S/c1-4-5-14-8-9-16(22-14)17(19)18-11-12-6-7-13(20-2)10-15(12)21-3/h4-10H,11H2,1-3H3,(H,18,19)/b5-4+. The lowest BCUT2D eigenvalue weighted by Gasteiger charge is -2.11. The maximum atomic E-state index is 12.2. The van der Waals surface area contributed by atoms with Gasteiger partial charge in [0.2, 0.25) is 0 Å². The molecule has 116 valence electrons. The third kappa shape index (κ3) is 3.89. The van der Waals surface area contributed by atoms with E-state index in [1.807, 2.05) is 43.3 Å². The van der Waals surface area contributed by atoms with Crippen LogP contribution in [-0.4, -0.2) is 20.1 Å². The number of ether oxygens (including phenoxy) is 2. The van der Waals surface area contributed by atoms with Crippen molar-refractivity contribution in [1.29, 1.82) is 0 Å². The first-order chi connectivity index (χ1) is 10.7. The molecule has 0 bridgehead atoms. The van der Waals surface area contributed by atoms with Crippen molar-refractivity contribution in [3.63, 3.8) is 0 Å². The molecule has 0 radical (unpaired) electrons. The number of carbonyl (C=O) groups is 1. The summed E-state index contributed by atoms with van der Waals surface area (Å²) in [4.78, 5) is 13.9. The predicted molar refractivity (Wildman–Crippen MR) is 89.7 cm³/mol. The smallest absolute Gasteiger partial charge is 0.261 e. The van der Waals surface area contributed by atoms with Crippen LogP contribution in [0.2, 0.25) is 0 Å². The van der Waals surface area contributed by atoms with E-state index >= 15 is 0 Å². The van der Waals surface area contributed by atoms with E-state index < -0.39 is 0 Å². The van der Waals surface area contributed by atoms with E-state index in [0.717, 1.165) is 16.2 Å². The lowest BCUT2D eigenvalue weighted by Crippen LogP contribution is -2.22. The Bertz CT molecular complexity index is 676. The molecule has 1 aromatic heterocycles. The Labute approximate surface area is 134 Å². The van der Waals surface area contributed by atoms with Gasteiger partial charge in [-0.15, -0.1) is 11.3 Å². The molecule has 0 aliphatic carbocycles. The molecule has 0 atom stereocenters. The van der Waals surface area contributed by atoms with Gasteiger partial charge in [0.15, 0.2) is 0 Å². The summed E-state index contributed by atoms with van der Waals surface area (Å²) in [6.45, 7) is 2.36. The van der Waals surface area contributed by atoms with Crippen molar-refractivity contribution in [3.05, 3.63) is 51.7 Å². The van der Waals surface area contributed by atoms with Gasteiger partial charge in [0.05, 0.1) is 19.1 Å². The fraction of sp³-hybridized carbons (Fsp3) is 0.235. The Balaban J connectivity index is 2.04. The van der Waals surface area contributed by atoms with Crippen molar-refractivity contribution in [2.75, 3.05) is 14.2 Å². The Morgan fingerprint density at radius 2 is 2.05 bits per heavy atom. The Morgan fingerprint density at radius 1 is 1.23 bits per heavy atom. The molecule has 0 saturated carbocycles. The fourth-order valence-corrected chi connectivity index (χ4v) is 2.88. The van der Waals surface area contributed by atoms with E-state index in [0.29, 0.717) is 17.2 Å². The molecule has 0 fully saturated rings. The monoisotopic (exact) mass is 317 g/mol. The molecular formula is C17H19NO3S. The summed E-state index contributed by atoms with van der Waals surface area (Å²) in [5.41, 5.74) is 0.905. The van der Waals surface area contributed by atoms with Crippen molar-refractivity contribution < 1.29 is 14.3 Å². The molecule has 4 nitrogen and oxygen atoms in total. The molecule has 2 aromatic rings. The quantitative estimate of drug-likeness (QED) is 0.883. The van der Waals surface area contributed by atoms with Crippen LogP contribution in [0.5, 0.6) is 11.5 Å². The zero-order valence-electron chi connectivity index (χ0n) is 12.9. The van der Waals surface area contributed by atoms with Crippen LogP contribution >= 0.6 is 11.3 Å². The van der Waals surface area contributed by atoms with Crippen molar-refractivity contribution in [1.82, 2.24) is 5.32 Å². The van der Waals surface area contributed by atoms with Crippen LogP contribution in [0.4, 0.5) is 0 Å². The van der Waals surface area contributed by atoms with Crippen LogP contribution in [0, 0.1) is 0 Å². The summed E-state index contributed by atoms with van der Waals surface area (Å²) >= 11 is 1.47. The second-order valence-corrected chi connectivity index (χ2v) is 5.68. The molecule has 0 saturated heterocycles. The van der Waals surface area contributed by atoms with Gasteiger partial charge in [-0.25, -0.2) is 0 Å². The van der Waals surface area contributed by atoms with Crippen LogP contribution in [0.3, 0.4) is 0 Å².